The number of hydrogen-bond acceptors (Lipinski definition) is 7. The molecule has 1 aromatic carbocycles. The molecule has 0 radical (unpaired) electrons. The first-order valence-electron chi connectivity index (χ1n) is 10.2. The third-order valence-electron chi connectivity index (χ3n) is 3.79. The first-order valence-corrected chi connectivity index (χ1v) is 11.0. The van der Waals surface area contributed by atoms with Crippen LogP contribution in [0.5, 0.6) is 0 Å². The van der Waals surface area contributed by atoms with E-state index in [0.29, 0.717) is 18.9 Å². The molecule has 0 aliphatic heterocycles. The fraction of sp³-hybridized carbons (Fsp3) is 0.545. The summed E-state index contributed by atoms with van der Waals surface area (Å²) in [4.78, 5) is 26.4. The Bertz CT molecular complexity index is 662. The van der Waals surface area contributed by atoms with Crippen LogP contribution in [0, 0.1) is 6.92 Å². The van der Waals surface area contributed by atoms with Crippen molar-refractivity contribution in [3.8, 4) is 0 Å². The van der Waals surface area contributed by atoms with Crippen molar-refractivity contribution in [3.63, 3.8) is 0 Å². The van der Waals surface area contributed by atoms with Crippen LogP contribution in [0.3, 0.4) is 0 Å². The molecule has 29 heavy (non-hydrogen) atoms. The van der Waals surface area contributed by atoms with Crippen molar-refractivity contribution in [2.75, 3.05) is 19.0 Å². The molecule has 0 fully saturated rings. The highest BCUT2D eigenvalue weighted by Crippen LogP contribution is 2.22. The standard InChI is InChI=1S/C13H20N2O3S.C7H9N.C2H6/c1-3-18-12(17)8-6-4-5-7-11(9-16)13-14-10(2)15-19-13;1-8-7-5-3-2-4-6-7;1-2/h9,11H,3-8H2,1-2H3;2-6,8H,1H3;1-2H3. The molecule has 0 bridgehead atoms. The first kappa shape index (κ1) is 26.7. The number of ether oxygens (including phenoxy) is 1. The average molecular weight is 422 g/mol. The topological polar surface area (TPSA) is 81.2 Å². The van der Waals surface area contributed by atoms with E-state index < -0.39 is 0 Å². The number of rotatable bonds is 10. The van der Waals surface area contributed by atoms with E-state index in [1.165, 1.54) is 11.5 Å². The lowest BCUT2D eigenvalue weighted by atomic mass is 10.0. The zero-order chi connectivity index (χ0) is 21.9. The number of aldehydes is 1. The van der Waals surface area contributed by atoms with E-state index in [-0.39, 0.29) is 11.9 Å². The summed E-state index contributed by atoms with van der Waals surface area (Å²) < 4.78 is 8.94. The lowest BCUT2D eigenvalue weighted by Crippen LogP contribution is -2.04. The van der Waals surface area contributed by atoms with Crippen LogP contribution >= 0.6 is 11.5 Å². The highest BCUT2D eigenvalue weighted by atomic mass is 32.1. The van der Waals surface area contributed by atoms with Crippen LogP contribution in [-0.2, 0) is 14.3 Å². The van der Waals surface area contributed by atoms with Crippen LogP contribution in [0.2, 0.25) is 0 Å². The molecule has 2 aromatic rings. The maximum absolute atomic E-state index is 11.1. The molecule has 0 saturated heterocycles. The Morgan fingerprint density at radius 1 is 1.21 bits per heavy atom. The smallest absolute Gasteiger partial charge is 0.305 e. The zero-order valence-corrected chi connectivity index (χ0v) is 19.1. The predicted octanol–water partition coefficient (Wildman–Crippen LogP) is 5.40. The monoisotopic (exact) mass is 421 g/mol. The summed E-state index contributed by atoms with van der Waals surface area (Å²) in [5, 5.41) is 3.82. The second kappa shape index (κ2) is 17.8. The average Bonchev–Trinajstić information content (AvgIpc) is 3.19. The highest BCUT2D eigenvalue weighted by Gasteiger charge is 2.14. The Balaban J connectivity index is 0.000000649. The van der Waals surface area contributed by atoms with Gasteiger partial charge in [0.15, 0.2) is 0 Å². The summed E-state index contributed by atoms with van der Waals surface area (Å²) in [6, 6.07) is 10.1. The molecule has 1 unspecified atom stereocenters. The number of carbonyl (C=O) groups is 2. The maximum atomic E-state index is 11.1. The van der Waals surface area contributed by atoms with E-state index in [0.717, 1.165) is 42.7 Å². The first-order chi connectivity index (χ1) is 14.1. The van der Waals surface area contributed by atoms with Gasteiger partial charge in [0, 0.05) is 19.2 Å². The van der Waals surface area contributed by atoms with Gasteiger partial charge in [0.2, 0.25) is 0 Å². The highest BCUT2D eigenvalue weighted by molar-refractivity contribution is 7.05. The summed E-state index contributed by atoms with van der Waals surface area (Å²) in [7, 11) is 1.91. The van der Waals surface area contributed by atoms with Crippen molar-refractivity contribution in [2.24, 2.45) is 0 Å². The fourth-order valence-electron chi connectivity index (χ4n) is 2.36. The molecule has 2 rings (SSSR count). The molecule has 0 amide bonds. The molecule has 7 heteroatoms. The van der Waals surface area contributed by atoms with Gasteiger partial charge in [-0.2, -0.15) is 4.37 Å². The Morgan fingerprint density at radius 2 is 1.90 bits per heavy atom. The van der Waals surface area contributed by atoms with Crippen molar-refractivity contribution in [2.45, 2.75) is 65.7 Å². The molecule has 6 nitrogen and oxygen atoms in total. The fourth-order valence-corrected chi connectivity index (χ4v) is 3.11. The van der Waals surface area contributed by atoms with Crippen LogP contribution in [0.1, 0.15) is 69.6 Å². The number of nitrogens with zero attached hydrogens (tertiary/aromatic N) is 2. The van der Waals surface area contributed by atoms with Crippen molar-refractivity contribution in [3.05, 3.63) is 41.2 Å². The number of para-hydroxylation sites is 1. The summed E-state index contributed by atoms with van der Waals surface area (Å²) in [6.07, 6.45) is 4.78. The Labute approximate surface area is 179 Å². The second-order valence-corrected chi connectivity index (χ2v) is 6.73. The van der Waals surface area contributed by atoms with E-state index in [4.69, 9.17) is 4.74 Å². The Hall–Kier alpha value is -2.28. The van der Waals surface area contributed by atoms with Gasteiger partial charge in [-0.3, -0.25) is 4.79 Å². The van der Waals surface area contributed by atoms with Gasteiger partial charge >= 0.3 is 5.97 Å². The normalized spacial score (nSPS) is 10.5. The molecule has 0 aliphatic rings. The quantitative estimate of drug-likeness (QED) is 0.314. The minimum absolute atomic E-state index is 0.144. The van der Waals surface area contributed by atoms with Gasteiger partial charge in [-0.05, 0) is 50.4 Å². The van der Waals surface area contributed by atoms with Crippen molar-refractivity contribution >= 4 is 29.5 Å². The summed E-state index contributed by atoms with van der Waals surface area (Å²) in [6.45, 7) is 8.06. The zero-order valence-electron chi connectivity index (χ0n) is 18.3. The molecular formula is C22H35N3O3S. The van der Waals surface area contributed by atoms with Crippen LogP contribution in [-0.4, -0.2) is 35.3 Å². The van der Waals surface area contributed by atoms with E-state index in [2.05, 4.69) is 14.7 Å². The number of esters is 1. The number of hydrogen-bond donors (Lipinski definition) is 1. The van der Waals surface area contributed by atoms with E-state index >= 15 is 0 Å². The van der Waals surface area contributed by atoms with Gasteiger partial charge in [-0.1, -0.05) is 44.9 Å². The molecule has 1 atom stereocenters. The number of aryl methyl sites for hydroxylation is 1. The number of unbranched alkanes of at least 4 members (excludes halogenated alkanes) is 2. The van der Waals surface area contributed by atoms with Crippen LogP contribution < -0.4 is 5.32 Å². The van der Waals surface area contributed by atoms with Crippen LogP contribution in [0.25, 0.3) is 0 Å². The number of aromatic nitrogens is 2. The number of nitrogens with one attached hydrogen (secondary N) is 1. The van der Waals surface area contributed by atoms with Gasteiger partial charge in [-0.15, -0.1) is 0 Å². The third-order valence-corrected chi connectivity index (χ3v) is 4.73. The summed E-state index contributed by atoms with van der Waals surface area (Å²) in [5.74, 6) is 0.414. The van der Waals surface area contributed by atoms with Crippen molar-refractivity contribution in [1.82, 2.24) is 9.36 Å². The lowest BCUT2D eigenvalue weighted by Gasteiger charge is -2.06. The largest absolute Gasteiger partial charge is 0.466 e. The van der Waals surface area contributed by atoms with Crippen LogP contribution in [0.4, 0.5) is 5.69 Å². The molecule has 0 saturated carbocycles. The second-order valence-electron chi connectivity index (χ2n) is 5.94. The van der Waals surface area contributed by atoms with Crippen molar-refractivity contribution in [1.29, 1.82) is 0 Å². The molecule has 0 aliphatic carbocycles. The summed E-state index contributed by atoms with van der Waals surface area (Å²) >= 11 is 1.29. The van der Waals surface area contributed by atoms with Gasteiger partial charge in [-0.25, -0.2) is 4.98 Å². The minimum atomic E-state index is -0.159. The number of carbonyl (C=O) groups excluding carboxylic acids is 2. The summed E-state index contributed by atoms with van der Waals surface area (Å²) in [5.41, 5.74) is 1.16. The molecule has 1 aromatic heterocycles. The molecule has 162 valence electrons. The molecule has 0 spiro atoms. The minimum Gasteiger partial charge on any atom is -0.466 e. The SMILES string of the molecule is CC.CCOC(=O)CCCCCC(C=O)c1nc(C)ns1.CNc1ccccc1. The van der Waals surface area contributed by atoms with Crippen molar-refractivity contribution < 1.29 is 14.3 Å². The predicted molar refractivity (Wildman–Crippen MR) is 121 cm³/mol. The number of anilines is 1. The molecule has 1 N–H and O–H groups in total. The van der Waals surface area contributed by atoms with E-state index in [1.54, 1.807) is 6.92 Å². The van der Waals surface area contributed by atoms with Crippen LogP contribution in [0.15, 0.2) is 30.3 Å². The molecular weight excluding hydrogens is 386 g/mol. The van der Waals surface area contributed by atoms with E-state index in [1.807, 2.05) is 58.2 Å². The van der Waals surface area contributed by atoms with Gasteiger partial charge in [0.05, 0.1) is 12.5 Å². The Morgan fingerprint density at radius 3 is 2.38 bits per heavy atom. The van der Waals surface area contributed by atoms with Gasteiger partial charge in [0.1, 0.15) is 17.1 Å². The van der Waals surface area contributed by atoms with Gasteiger partial charge in [0.25, 0.3) is 0 Å². The Kier molecular flexibility index (Phi) is 16.4. The third kappa shape index (κ3) is 12.7. The van der Waals surface area contributed by atoms with E-state index in [9.17, 15) is 9.59 Å². The maximum Gasteiger partial charge on any atom is 0.305 e. The lowest BCUT2D eigenvalue weighted by molar-refractivity contribution is -0.143. The van der Waals surface area contributed by atoms with Gasteiger partial charge < -0.3 is 14.8 Å². The molecule has 1 heterocycles. The number of benzene rings is 1.